The summed E-state index contributed by atoms with van der Waals surface area (Å²) in [6, 6.07) is 8.96. The molecule has 0 spiro atoms. The summed E-state index contributed by atoms with van der Waals surface area (Å²) < 4.78 is 1.43. The highest BCUT2D eigenvalue weighted by molar-refractivity contribution is 6.07. The van der Waals surface area contributed by atoms with E-state index in [2.05, 4.69) is 16.2 Å². The van der Waals surface area contributed by atoms with E-state index >= 15 is 0 Å². The molecule has 3 aromatic rings. The van der Waals surface area contributed by atoms with Crippen molar-refractivity contribution < 1.29 is 4.79 Å². The van der Waals surface area contributed by atoms with Crippen molar-refractivity contribution in [2.45, 2.75) is 26.3 Å². The lowest BCUT2D eigenvalue weighted by molar-refractivity contribution is 0.0976. The van der Waals surface area contributed by atoms with Crippen LogP contribution in [0.25, 0.3) is 5.52 Å². The second-order valence-electron chi connectivity index (χ2n) is 6.27. The van der Waals surface area contributed by atoms with Gasteiger partial charge in [0.25, 0.3) is 11.5 Å². The van der Waals surface area contributed by atoms with Gasteiger partial charge in [0.2, 0.25) is 0 Å². The van der Waals surface area contributed by atoms with Crippen molar-refractivity contribution in [3.8, 4) is 6.07 Å². The molecule has 1 N–H and O–H groups in total. The number of H-pyrrole nitrogens is 1. The van der Waals surface area contributed by atoms with Crippen LogP contribution in [-0.4, -0.2) is 26.5 Å². The minimum atomic E-state index is -0.284. The molecule has 25 heavy (non-hydrogen) atoms. The number of aromatic amines is 1. The Kier molecular flexibility index (Phi) is 3.22. The largest absolute Gasteiger partial charge is 0.323 e. The molecule has 1 aliphatic heterocycles. The summed E-state index contributed by atoms with van der Waals surface area (Å²) in [5, 5.41) is 13.5. The number of benzene rings is 1. The van der Waals surface area contributed by atoms with Gasteiger partial charge < -0.3 is 9.88 Å². The quantitative estimate of drug-likeness (QED) is 0.734. The van der Waals surface area contributed by atoms with E-state index in [9.17, 15) is 14.9 Å². The van der Waals surface area contributed by atoms with Gasteiger partial charge in [0.15, 0.2) is 5.69 Å². The monoisotopic (exact) mass is 333 g/mol. The third-order valence-corrected chi connectivity index (χ3v) is 4.50. The summed E-state index contributed by atoms with van der Waals surface area (Å²) in [5.74, 6) is -0.276. The molecule has 0 bridgehead atoms. The van der Waals surface area contributed by atoms with E-state index in [1.165, 1.54) is 10.6 Å². The number of carbonyl (C=O) groups is 1. The maximum Gasteiger partial charge on any atom is 0.279 e. The summed E-state index contributed by atoms with van der Waals surface area (Å²) in [6.07, 6.45) is 2.29. The van der Waals surface area contributed by atoms with Crippen molar-refractivity contribution in [3.05, 3.63) is 63.3 Å². The summed E-state index contributed by atoms with van der Waals surface area (Å²) in [6.45, 7) is 3.69. The Morgan fingerprint density at radius 3 is 3.00 bits per heavy atom. The fraction of sp³-hybridized carbons (Fsp3) is 0.222. The van der Waals surface area contributed by atoms with E-state index in [0.29, 0.717) is 23.2 Å². The van der Waals surface area contributed by atoms with Crippen molar-refractivity contribution in [2.75, 3.05) is 4.90 Å². The SMILES string of the molecule is Cc1cn2nc(C(=O)N3c4cccc(C#N)c4CC3C)cc2c(=O)[nH]1. The van der Waals surface area contributed by atoms with E-state index in [4.69, 9.17) is 0 Å². The standard InChI is InChI=1S/C18H15N5O2/c1-10-9-22-16(17(24)20-10)7-14(21-22)18(25)23-11(2)6-13-12(8-19)4-3-5-15(13)23/h3-5,7,9,11H,6H2,1-2H3,(H,20,24). The smallest absolute Gasteiger partial charge is 0.279 e. The number of hydrogen-bond acceptors (Lipinski definition) is 4. The van der Waals surface area contributed by atoms with Gasteiger partial charge in [0.1, 0.15) is 5.52 Å². The number of nitrogens with one attached hydrogen (secondary N) is 1. The van der Waals surface area contributed by atoms with E-state index in [1.54, 1.807) is 30.2 Å². The summed E-state index contributed by atoms with van der Waals surface area (Å²) in [5.41, 5.74) is 3.11. The Morgan fingerprint density at radius 2 is 2.24 bits per heavy atom. The highest BCUT2D eigenvalue weighted by Crippen LogP contribution is 2.35. The second-order valence-corrected chi connectivity index (χ2v) is 6.27. The van der Waals surface area contributed by atoms with Crippen molar-refractivity contribution in [3.63, 3.8) is 0 Å². The summed E-state index contributed by atoms with van der Waals surface area (Å²) >= 11 is 0. The topological polar surface area (TPSA) is 94.3 Å². The van der Waals surface area contributed by atoms with Gasteiger partial charge >= 0.3 is 0 Å². The Bertz CT molecular complexity index is 1120. The van der Waals surface area contributed by atoms with Crippen LogP contribution >= 0.6 is 0 Å². The maximum absolute atomic E-state index is 13.0. The van der Waals surface area contributed by atoms with Gasteiger partial charge in [-0.3, -0.25) is 9.59 Å². The number of amides is 1. The molecule has 2 aromatic heterocycles. The third kappa shape index (κ3) is 2.22. The van der Waals surface area contributed by atoms with E-state index in [-0.39, 0.29) is 23.2 Å². The van der Waals surface area contributed by atoms with Crippen LogP contribution in [0.4, 0.5) is 5.69 Å². The fourth-order valence-corrected chi connectivity index (χ4v) is 3.40. The first kappa shape index (κ1) is 15.1. The number of aryl methyl sites for hydroxylation is 1. The molecule has 1 atom stereocenters. The van der Waals surface area contributed by atoms with Crippen LogP contribution in [0.3, 0.4) is 0 Å². The Labute approximate surface area is 143 Å². The number of nitriles is 1. The van der Waals surface area contributed by atoms with Crippen molar-refractivity contribution >= 4 is 17.1 Å². The lowest BCUT2D eigenvalue weighted by atomic mass is 10.0. The zero-order valence-electron chi connectivity index (χ0n) is 13.8. The maximum atomic E-state index is 13.0. The minimum Gasteiger partial charge on any atom is -0.323 e. The van der Waals surface area contributed by atoms with Crippen LogP contribution in [-0.2, 0) is 6.42 Å². The zero-order valence-corrected chi connectivity index (χ0v) is 13.8. The van der Waals surface area contributed by atoms with Crippen LogP contribution in [0.1, 0.15) is 34.2 Å². The Balaban J connectivity index is 1.82. The number of nitrogens with zero attached hydrogens (tertiary/aromatic N) is 4. The molecule has 1 aromatic carbocycles. The van der Waals surface area contributed by atoms with E-state index in [0.717, 1.165) is 11.3 Å². The van der Waals surface area contributed by atoms with Crippen LogP contribution in [0.2, 0.25) is 0 Å². The van der Waals surface area contributed by atoms with Crippen LogP contribution in [0.15, 0.2) is 35.3 Å². The van der Waals surface area contributed by atoms with Crippen LogP contribution < -0.4 is 10.5 Å². The molecule has 1 unspecified atom stereocenters. The molecule has 7 nitrogen and oxygen atoms in total. The summed E-state index contributed by atoms with van der Waals surface area (Å²) in [4.78, 5) is 29.4. The number of aromatic nitrogens is 3. The van der Waals surface area contributed by atoms with Gasteiger partial charge in [-0.25, -0.2) is 4.52 Å². The number of carbonyl (C=O) groups excluding carboxylic acids is 1. The lowest BCUT2D eigenvalue weighted by Gasteiger charge is -2.21. The molecular weight excluding hydrogens is 318 g/mol. The zero-order chi connectivity index (χ0) is 17.7. The number of anilines is 1. The van der Waals surface area contributed by atoms with Gasteiger partial charge in [0, 0.05) is 29.7 Å². The summed E-state index contributed by atoms with van der Waals surface area (Å²) in [7, 11) is 0. The molecule has 0 fully saturated rings. The van der Waals surface area contributed by atoms with E-state index < -0.39 is 0 Å². The minimum absolute atomic E-state index is 0.0816. The average molecular weight is 333 g/mol. The first-order valence-corrected chi connectivity index (χ1v) is 7.94. The fourth-order valence-electron chi connectivity index (χ4n) is 3.40. The predicted octanol–water partition coefficient (Wildman–Crippen LogP) is 1.79. The highest BCUT2D eigenvalue weighted by atomic mass is 16.2. The molecule has 1 aliphatic rings. The average Bonchev–Trinajstić information content (AvgIpc) is 3.14. The van der Waals surface area contributed by atoms with Crippen LogP contribution in [0.5, 0.6) is 0 Å². The third-order valence-electron chi connectivity index (χ3n) is 4.50. The molecule has 0 radical (unpaired) electrons. The molecule has 124 valence electrons. The molecule has 0 aliphatic carbocycles. The molecular formula is C18H15N5O2. The first-order chi connectivity index (χ1) is 12.0. The van der Waals surface area contributed by atoms with Crippen molar-refractivity contribution in [2.24, 2.45) is 0 Å². The highest BCUT2D eigenvalue weighted by Gasteiger charge is 2.34. The number of hydrogen-bond donors (Lipinski definition) is 1. The van der Waals surface area contributed by atoms with Gasteiger partial charge in [-0.15, -0.1) is 0 Å². The first-order valence-electron chi connectivity index (χ1n) is 7.94. The van der Waals surface area contributed by atoms with Gasteiger partial charge in [-0.05, 0) is 38.0 Å². The molecule has 0 saturated heterocycles. The normalized spacial score (nSPS) is 16.0. The predicted molar refractivity (Wildman–Crippen MR) is 91.7 cm³/mol. The van der Waals surface area contributed by atoms with Crippen LogP contribution in [0, 0.1) is 18.3 Å². The van der Waals surface area contributed by atoms with Crippen molar-refractivity contribution in [1.82, 2.24) is 14.6 Å². The Hall–Kier alpha value is -3.40. The molecule has 1 amide bonds. The molecule has 7 heteroatoms. The van der Waals surface area contributed by atoms with Gasteiger partial charge in [-0.1, -0.05) is 6.07 Å². The lowest BCUT2D eigenvalue weighted by Crippen LogP contribution is -2.36. The molecule has 4 rings (SSSR count). The molecule has 3 heterocycles. The number of rotatable bonds is 1. The number of fused-ring (bicyclic) bond motifs is 2. The Morgan fingerprint density at radius 1 is 1.44 bits per heavy atom. The molecule has 0 saturated carbocycles. The second kappa shape index (κ2) is 5.31. The van der Waals surface area contributed by atoms with Crippen molar-refractivity contribution in [1.29, 1.82) is 5.26 Å². The van der Waals surface area contributed by atoms with Gasteiger partial charge in [0.05, 0.1) is 11.6 Å². The van der Waals surface area contributed by atoms with E-state index in [1.807, 2.05) is 13.0 Å². The van der Waals surface area contributed by atoms with Gasteiger partial charge in [-0.2, -0.15) is 10.4 Å².